The molecule has 43 heavy (non-hydrogen) atoms. The van der Waals surface area contributed by atoms with Crippen LogP contribution < -0.4 is 10.4 Å². The average molecular weight is 614 g/mol. The Morgan fingerprint density at radius 1 is 0.884 bits per heavy atom. The maximum atomic E-state index is 12.8. The number of rotatable bonds is 14. The highest BCUT2D eigenvalue weighted by atomic mass is 28.4. The number of esters is 1. The van der Waals surface area contributed by atoms with Crippen LogP contribution in [0.25, 0.3) is 10.4 Å². The molecule has 2 aromatic carbocycles. The number of azide groups is 1. The Hall–Kier alpha value is -2.76. The van der Waals surface area contributed by atoms with Gasteiger partial charge in [-0.3, -0.25) is 4.79 Å². The number of unbranched alkanes of at least 4 members (excludes halogenated alkanes) is 3. The molecule has 3 rings (SSSR count). The molecule has 0 amide bonds. The predicted octanol–water partition coefficient (Wildman–Crippen LogP) is 4.20. The molecule has 11 heteroatoms. The first kappa shape index (κ1) is 34.7. The van der Waals surface area contributed by atoms with Gasteiger partial charge in [0.15, 0.2) is 6.23 Å². The monoisotopic (exact) mass is 613 g/mol. The van der Waals surface area contributed by atoms with Crippen LogP contribution in [0, 0.1) is 5.41 Å². The minimum Gasteiger partial charge on any atom is -0.462 e. The molecular weight excluding hydrogens is 566 g/mol. The number of benzene rings is 2. The van der Waals surface area contributed by atoms with Gasteiger partial charge in [-0.1, -0.05) is 106 Å². The molecule has 2 aromatic rings. The molecule has 0 aromatic heterocycles. The largest absolute Gasteiger partial charge is 0.462 e. The summed E-state index contributed by atoms with van der Waals surface area (Å²) in [6.45, 7) is 10.7. The van der Waals surface area contributed by atoms with Crippen LogP contribution in [0.4, 0.5) is 0 Å². The predicted molar refractivity (Wildman–Crippen MR) is 167 cm³/mol. The summed E-state index contributed by atoms with van der Waals surface area (Å²) in [6, 6.07) is 21.2. The molecule has 10 nitrogen and oxygen atoms in total. The second kappa shape index (κ2) is 15.3. The molecule has 1 saturated heterocycles. The topological polar surface area (TPSA) is 154 Å². The lowest BCUT2D eigenvalue weighted by Gasteiger charge is -2.43. The van der Waals surface area contributed by atoms with Crippen LogP contribution in [0.3, 0.4) is 0 Å². The SMILES string of the molecule is CC(C)(CCCCCCO[Si](c1ccccc1)(c1ccccc1)C(C)(C)C)C(=O)OC[C@H]1O[C@@H](N=[N+]=[N-])[C@H](O)[C@@H](O)[C@H]1O. The molecular formula is C32H47N3O7Si. The number of aliphatic hydroxyl groups is 3. The van der Waals surface area contributed by atoms with Crippen molar-refractivity contribution in [2.24, 2.45) is 10.5 Å². The molecule has 0 aliphatic carbocycles. The van der Waals surface area contributed by atoms with Gasteiger partial charge in [0.25, 0.3) is 8.32 Å². The Balaban J connectivity index is 1.49. The van der Waals surface area contributed by atoms with Crippen molar-refractivity contribution in [2.45, 2.75) is 102 Å². The second-order valence-corrected chi connectivity index (χ2v) is 17.2. The zero-order chi connectivity index (χ0) is 31.7. The third-order valence-corrected chi connectivity index (χ3v) is 13.3. The fraction of sp³-hybridized carbons (Fsp3) is 0.594. The number of ether oxygens (including phenoxy) is 2. The fourth-order valence-corrected chi connectivity index (χ4v) is 10.3. The second-order valence-electron chi connectivity index (χ2n) is 12.9. The Morgan fingerprint density at radius 2 is 1.44 bits per heavy atom. The first-order valence-corrected chi connectivity index (χ1v) is 16.9. The molecule has 0 unspecified atom stereocenters. The van der Waals surface area contributed by atoms with E-state index in [1.165, 1.54) is 10.4 Å². The molecule has 0 spiro atoms. The van der Waals surface area contributed by atoms with Gasteiger partial charge in [0.2, 0.25) is 0 Å². The van der Waals surface area contributed by atoms with Crippen LogP contribution in [0.2, 0.25) is 5.04 Å². The highest BCUT2D eigenvalue weighted by Gasteiger charge is 2.50. The van der Waals surface area contributed by atoms with Crippen molar-refractivity contribution in [3.8, 4) is 0 Å². The van der Waals surface area contributed by atoms with E-state index < -0.39 is 50.3 Å². The Labute approximate surface area is 255 Å². The number of carbonyl (C=O) groups excluding carboxylic acids is 1. The van der Waals surface area contributed by atoms with Gasteiger partial charge in [-0.15, -0.1) is 0 Å². The first-order valence-electron chi connectivity index (χ1n) is 15.0. The van der Waals surface area contributed by atoms with Gasteiger partial charge in [0.1, 0.15) is 31.0 Å². The van der Waals surface area contributed by atoms with Gasteiger partial charge in [0.05, 0.1) is 5.41 Å². The lowest BCUT2D eigenvalue weighted by atomic mass is 9.87. The minimum atomic E-state index is -2.55. The van der Waals surface area contributed by atoms with Crippen molar-refractivity contribution in [3.05, 3.63) is 71.1 Å². The third kappa shape index (κ3) is 8.45. The molecule has 1 aliphatic rings. The summed E-state index contributed by atoms with van der Waals surface area (Å²) in [7, 11) is -2.55. The summed E-state index contributed by atoms with van der Waals surface area (Å²) in [5.41, 5.74) is 7.87. The Kier molecular flexibility index (Phi) is 12.4. The van der Waals surface area contributed by atoms with E-state index in [0.717, 1.165) is 25.7 Å². The summed E-state index contributed by atoms with van der Waals surface area (Å²) >= 11 is 0. The standard InChI is InChI=1S/C32H47N3O7Si/c1-31(2,3)43(23-16-10-8-11-17-23,24-18-12-9-13-19-24)41-21-15-7-6-14-20-32(4,5)30(39)40-22-25-26(36)27(37)28(38)29(42-25)34-35-33/h8-13,16-19,25-29,36-38H,6-7,14-15,20-22H2,1-5H3/t25-,26+,27+,28-,29-/m1/s1. The van der Waals surface area contributed by atoms with Crippen LogP contribution in [0.15, 0.2) is 65.8 Å². The van der Waals surface area contributed by atoms with E-state index in [1.54, 1.807) is 13.8 Å². The molecule has 0 radical (unpaired) electrons. The molecule has 236 valence electrons. The van der Waals surface area contributed by atoms with Gasteiger partial charge < -0.3 is 29.2 Å². The Bertz CT molecular complexity index is 1160. The van der Waals surface area contributed by atoms with Gasteiger partial charge in [-0.05, 0) is 47.6 Å². The average Bonchev–Trinajstić information content (AvgIpc) is 2.98. The van der Waals surface area contributed by atoms with Crippen molar-refractivity contribution in [2.75, 3.05) is 13.2 Å². The zero-order valence-corrected chi connectivity index (χ0v) is 26.9. The van der Waals surface area contributed by atoms with E-state index in [0.29, 0.717) is 13.0 Å². The Morgan fingerprint density at radius 3 is 1.98 bits per heavy atom. The van der Waals surface area contributed by atoms with Crippen LogP contribution in [-0.2, 0) is 18.7 Å². The fourth-order valence-electron chi connectivity index (χ4n) is 5.68. The number of hydrogen-bond donors (Lipinski definition) is 3. The highest BCUT2D eigenvalue weighted by molar-refractivity contribution is 6.99. The van der Waals surface area contributed by atoms with Crippen molar-refractivity contribution in [1.29, 1.82) is 0 Å². The van der Waals surface area contributed by atoms with Crippen LogP contribution in [0.5, 0.6) is 0 Å². The third-order valence-electron chi connectivity index (χ3n) is 8.22. The normalized spacial score (nSPS) is 22.9. The lowest BCUT2D eigenvalue weighted by molar-refractivity contribution is -0.231. The van der Waals surface area contributed by atoms with Gasteiger partial charge in [-0.25, -0.2) is 0 Å². The van der Waals surface area contributed by atoms with E-state index in [9.17, 15) is 20.1 Å². The quantitative estimate of drug-likeness (QED) is 0.0720. The molecule has 0 bridgehead atoms. The number of nitrogens with zero attached hydrogens (tertiary/aromatic N) is 3. The van der Waals surface area contributed by atoms with Crippen molar-refractivity contribution < 1.29 is 34.0 Å². The summed E-state index contributed by atoms with van der Waals surface area (Å²) in [5, 5.41) is 35.9. The smallest absolute Gasteiger partial charge is 0.311 e. The molecule has 1 heterocycles. The molecule has 1 fully saturated rings. The maximum Gasteiger partial charge on any atom is 0.311 e. The van der Waals surface area contributed by atoms with E-state index in [2.05, 4.69) is 79.3 Å². The highest BCUT2D eigenvalue weighted by Crippen LogP contribution is 2.37. The zero-order valence-electron chi connectivity index (χ0n) is 25.9. The van der Waals surface area contributed by atoms with Gasteiger partial charge in [0, 0.05) is 11.5 Å². The number of hydrogen-bond acceptors (Lipinski definition) is 8. The summed E-state index contributed by atoms with van der Waals surface area (Å²) in [6.07, 6.45) is -2.95. The molecule has 1 aliphatic heterocycles. The molecule has 5 atom stereocenters. The van der Waals surface area contributed by atoms with Crippen molar-refractivity contribution >= 4 is 24.7 Å². The summed E-state index contributed by atoms with van der Waals surface area (Å²) < 4.78 is 17.7. The number of aliphatic hydroxyl groups excluding tert-OH is 3. The maximum absolute atomic E-state index is 12.8. The van der Waals surface area contributed by atoms with Crippen LogP contribution in [0.1, 0.15) is 66.7 Å². The van der Waals surface area contributed by atoms with E-state index in [-0.39, 0.29) is 11.6 Å². The van der Waals surface area contributed by atoms with Gasteiger partial charge in [-0.2, -0.15) is 0 Å². The van der Waals surface area contributed by atoms with E-state index >= 15 is 0 Å². The van der Waals surface area contributed by atoms with E-state index in [4.69, 9.17) is 19.4 Å². The van der Waals surface area contributed by atoms with Gasteiger partial charge >= 0.3 is 5.97 Å². The van der Waals surface area contributed by atoms with Crippen LogP contribution >= 0.6 is 0 Å². The summed E-state index contributed by atoms with van der Waals surface area (Å²) in [5.74, 6) is -0.459. The van der Waals surface area contributed by atoms with E-state index in [1.807, 2.05) is 12.1 Å². The lowest BCUT2D eigenvalue weighted by Crippen LogP contribution is -2.66. The molecule has 0 saturated carbocycles. The number of carbonyl (C=O) groups is 1. The molecule has 3 N–H and O–H groups in total. The summed E-state index contributed by atoms with van der Waals surface area (Å²) in [4.78, 5) is 15.4. The van der Waals surface area contributed by atoms with Crippen LogP contribution in [-0.4, -0.2) is 73.5 Å². The minimum absolute atomic E-state index is 0.0689. The van der Waals surface area contributed by atoms with Crippen molar-refractivity contribution in [3.63, 3.8) is 0 Å². The first-order chi connectivity index (χ1) is 20.3. The van der Waals surface area contributed by atoms with Crippen molar-refractivity contribution in [1.82, 2.24) is 0 Å².